The van der Waals surface area contributed by atoms with Gasteiger partial charge in [-0.2, -0.15) is 0 Å². The summed E-state index contributed by atoms with van der Waals surface area (Å²) in [6.45, 7) is 5.49. The number of ether oxygens (including phenoxy) is 2. The zero-order valence-electron chi connectivity index (χ0n) is 14.7. The SMILES string of the molecule is CC(C)c1ccc(NC(=O)[C@@H](C)OC(=O)COc2ccccc2)cc1. The third-order valence-corrected chi connectivity index (χ3v) is 3.62. The molecule has 1 atom stereocenters. The minimum Gasteiger partial charge on any atom is -0.482 e. The highest BCUT2D eigenvalue weighted by Gasteiger charge is 2.18. The maximum Gasteiger partial charge on any atom is 0.344 e. The Morgan fingerprint density at radius 3 is 2.20 bits per heavy atom. The first-order chi connectivity index (χ1) is 12.0. The first kappa shape index (κ1) is 18.5. The molecule has 0 aromatic heterocycles. The fraction of sp³-hybridized carbons (Fsp3) is 0.300. The van der Waals surface area contributed by atoms with Crippen molar-refractivity contribution in [2.75, 3.05) is 11.9 Å². The number of benzene rings is 2. The predicted octanol–water partition coefficient (Wildman–Crippen LogP) is 3.76. The van der Waals surface area contributed by atoms with E-state index in [1.807, 2.05) is 30.3 Å². The van der Waals surface area contributed by atoms with Crippen LogP contribution in [-0.2, 0) is 14.3 Å². The number of carbonyl (C=O) groups is 2. The van der Waals surface area contributed by atoms with Crippen LogP contribution >= 0.6 is 0 Å². The molecule has 2 rings (SSSR count). The molecule has 0 aliphatic heterocycles. The Morgan fingerprint density at radius 1 is 0.960 bits per heavy atom. The van der Waals surface area contributed by atoms with Crippen LogP contribution in [0.3, 0.4) is 0 Å². The van der Waals surface area contributed by atoms with Crippen molar-refractivity contribution in [3.8, 4) is 5.75 Å². The van der Waals surface area contributed by atoms with Gasteiger partial charge in [0.25, 0.3) is 5.91 Å². The quantitative estimate of drug-likeness (QED) is 0.779. The van der Waals surface area contributed by atoms with Gasteiger partial charge in [0.05, 0.1) is 0 Å². The number of amides is 1. The molecule has 0 bridgehead atoms. The van der Waals surface area contributed by atoms with Crippen molar-refractivity contribution in [3.63, 3.8) is 0 Å². The molecule has 0 heterocycles. The molecule has 25 heavy (non-hydrogen) atoms. The second kappa shape index (κ2) is 8.87. The van der Waals surface area contributed by atoms with Crippen LogP contribution in [-0.4, -0.2) is 24.6 Å². The van der Waals surface area contributed by atoms with E-state index in [0.717, 1.165) is 0 Å². The van der Waals surface area contributed by atoms with Crippen molar-refractivity contribution in [3.05, 3.63) is 60.2 Å². The summed E-state index contributed by atoms with van der Waals surface area (Å²) >= 11 is 0. The Hall–Kier alpha value is -2.82. The number of hydrogen-bond donors (Lipinski definition) is 1. The van der Waals surface area contributed by atoms with E-state index in [9.17, 15) is 9.59 Å². The molecule has 0 fully saturated rings. The normalized spacial score (nSPS) is 11.7. The minimum absolute atomic E-state index is 0.245. The van der Waals surface area contributed by atoms with E-state index >= 15 is 0 Å². The Bertz CT molecular complexity index is 695. The number of anilines is 1. The zero-order chi connectivity index (χ0) is 18.2. The highest BCUT2D eigenvalue weighted by Crippen LogP contribution is 2.17. The zero-order valence-corrected chi connectivity index (χ0v) is 14.7. The van der Waals surface area contributed by atoms with Crippen molar-refractivity contribution < 1.29 is 19.1 Å². The van der Waals surface area contributed by atoms with Crippen molar-refractivity contribution in [2.45, 2.75) is 32.8 Å². The van der Waals surface area contributed by atoms with Gasteiger partial charge in [0, 0.05) is 5.69 Å². The van der Waals surface area contributed by atoms with Crippen LogP contribution < -0.4 is 10.1 Å². The molecule has 1 amide bonds. The van der Waals surface area contributed by atoms with Gasteiger partial charge in [-0.05, 0) is 42.7 Å². The predicted molar refractivity (Wildman–Crippen MR) is 96.7 cm³/mol. The van der Waals surface area contributed by atoms with Crippen LogP contribution in [0.1, 0.15) is 32.3 Å². The van der Waals surface area contributed by atoms with Gasteiger partial charge in [-0.1, -0.05) is 44.2 Å². The molecule has 0 aliphatic rings. The molecule has 0 aliphatic carbocycles. The van der Waals surface area contributed by atoms with E-state index in [1.54, 1.807) is 24.3 Å². The standard InChI is InChI=1S/C20H23NO4/c1-14(2)16-9-11-17(12-10-16)21-20(23)15(3)25-19(22)13-24-18-7-5-4-6-8-18/h4-12,14-15H,13H2,1-3H3,(H,21,23)/t15-/m1/s1. The maximum atomic E-state index is 12.1. The maximum absolute atomic E-state index is 12.1. The van der Waals surface area contributed by atoms with Crippen LogP contribution in [0.2, 0.25) is 0 Å². The van der Waals surface area contributed by atoms with E-state index in [2.05, 4.69) is 19.2 Å². The van der Waals surface area contributed by atoms with Crippen LogP contribution in [0.25, 0.3) is 0 Å². The van der Waals surface area contributed by atoms with Gasteiger partial charge in [-0.3, -0.25) is 4.79 Å². The first-order valence-electron chi connectivity index (χ1n) is 8.24. The van der Waals surface area contributed by atoms with Crippen LogP contribution in [0.15, 0.2) is 54.6 Å². The second-order valence-electron chi connectivity index (χ2n) is 6.00. The highest BCUT2D eigenvalue weighted by molar-refractivity contribution is 5.95. The third kappa shape index (κ3) is 5.95. The Morgan fingerprint density at radius 2 is 1.60 bits per heavy atom. The molecule has 5 heteroatoms. The fourth-order valence-corrected chi connectivity index (χ4v) is 2.14. The topological polar surface area (TPSA) is 64.6 Å². The lowest BCUT2D eigenvalue weighted by Gasteiger charge is -2.14. The van der Waals surface area contributed by atoms with Gasteiger partial charge < -0.3 is 14.8 Å². The van der Waals surface area contributed by atoms with E-state index in [4.69, 9.17) is 9.47 Å². The highest BCUT2D eigenvalue weighted by atomic mass is 16.6. The summed E-state index contributed by atoms with van der Waals surface area (Å²) in [7, 11) is 0. The third-order valence-electron chi connectivity index (χ3n) is 3.62. The molecule has 2 aromatic rings. The number of rotatable bonds is 7. The Kier molecular flexibility index (Phi) is 6.57. The molecule has 0 radical (unpaired) electrons. The average molecular weight is 341 g/mol. The summed E-state index contributed by atoms with van der Waals surface area (Å²) in [4.78, 5) is 23.9. The van der Waals surface area contributed by atoms with Crippen molar-refractivity contribution in [1.82, 2.24) is 0 Å². The lowest BCUT2D eigenvalue weighted by atomic mass is 10.0. The van der Waals surface area contributed by atoms with E-state index < -0.39 is 12.1 Å². The second-order valence-corrected chi connectivity index (χ2v) is 6.00. The van der Waals surface area contributed by atoms with Gasteiger partial charge in [0.2, 0.25) is 0 Å². The molecule has 0 saturated carbocycles. The molecular weight excluding hydrogens is 318 g/mol. The molecule has 0 spiro atoms. The van der Waals surface area contributed by atoms with Crippen LogP contribution in [0, 0.1) is 0 Å². The fourth-order valence-electron chi connectivity index (χ4n) is 2.14. The number of hydrogen-bond acceptors (Lipinski definition) is 4. The number of carbonyl (C=O) groups excluding carboxylic acids is 2. The largest absolute Gasteiger partial charge is 0.482 e. The van der Waals surface area contributed by atoms with Gasteiger partial charge in [0.15, 0.2) is 12.7 Å². The number of nitrogens with one attached hydrogen (secondary N) is 1. The first-order valence-corrected chi connectivity index (χ1v) is 8.24. The van der Waals surface area contributed by atoms with Crippen molar-refractivity contribution in [1.29, 1.82) is 0 Å². The van der Waals surface area contributed by atoms with Gasteiger partial charge in [0.1, 0.15) is 5.75 Å². The lowest BCUT2D eigenvalue weighted by Crippen LogP contribution is -2.31. The average Bonchev–Trinajstić information content (AvgIpc) is 2.61. The summed E-state index contributed by atoms with van der Waals surface area (Å²) in [5.41, 5.74) is 1.85. The van der Waals surface area contributed by atoms with Gasteiger partial charge >= 0.3 is 5.97 Å². The molecule has 1 N–H and O–H groups in total. The monoisotopic (exact) mass is 341 g/mol. The molecule has 2 aromatic carbocycles. The van der Waals surface area contributed by atoms with E-state index in [-0.39, 0.29) is 12.5 Å². The summed E-state index contributed by atoms with van der Waals surface area (Å²) in [5, 5.41) is 2.73. The molecule has 5 nitrogen and oxygen atoms in total. The minimum atomic E-state index is -0.906. The smallest absolute Gasteiger partial charge is 0.344 e. The van der Waals surface area contributed by atoms with Crippen LogP contribution in [0.4, 0.5) is 5.69 Å². The van der Waals surface area contributed by atoms with Gasteiger partial charge in [-0.15, -0.1) is 0 Å². The van der Waals surface area contributed by atoms with E-state index in [0.29, 0.717) is 17.4 Å². The molecular formula is C20H23NO4. The van der Waals surface area contributed by atoms with Gasteiger partial charge in [-0.25, -0.2) is 4.79 Å². The van der Waals surface area contributed by atoms with Crippen molar-refractivity contribution in [2.24, 2.45) is 0 Å². The van der Waals surface area contributed by atoms with Crippen molar-refractivity contribution >= 4 is 17.6 Å². The number of esters is 1. The summed E-state index contributed by atoms with van der Waals surface area (Å²) in [6, 6.07) is 16.5. The summed E-state index contributed by atoms with van der Waals surface area (Å²) < 4.78 is 10.4. The summed E-state index contributed by atoms with van der Waals surface area (Å²) in [5.74, 6) is 0.0167. The Balaban J connectivity index is 1.80. The molecule has 0 unspecified atom stereocenters. The van der Waals surface area contributed by atoms with Crippen LogP contribution in [0.5, 0.6) is 5.75 Å². The molecule has 0 saturated heterocycles. The number of para-hydroxylation sites is 1. The Labute approximate surface area is 148 Å². The summed E-state index contributed by atoms with van der Waals surface area (Å²) in [6.07, 6.45) is -0.906. The van der Waals surface area contributed by atoms with E-state index in [1.165, 1.54) is 12.5 Å². The lowest BCUT2D eigenvalue weighted by molar-refractivity contribution is -0.155. The molecule has 132 valence electrons.